The maximum absolute atomic E-state index is 11.2. The zero-order valence-electron chi connectivity index (χ0n) is 10.3. The van der Waals surface area contributed by atoms with Gasteiger partial charge in [0.15, 0.2) is 5.65 Å². The third kappa shape index (κ3) is 2.46. The normalized spacial score (nSPS) is 13.2. The first-order chi connectivity index (χ1) is 8.08. The Morgan fingerprint density at radius 2 is 2.24 bits per heavy atom. The second-order valence-electron chi connectivity index (χ2n) is 4.63. The first-order valence-electron chi connectivity index (χ1n) is 5.74. The predicted molar refractivity (Wildman–Crippen MR) is 66.1 cm³/mol. The average Bonchev–Trinajstić information content (AvgIpc) is 2.67. The highest BCUT2D eigenvalue weighted by atomic mass is 16.1. The summed E-state index contributed by atoms with van der Waals surface area (Å²) in [5, 5.41) is 9.51. The van der Waals surface area contributed by atoms with E-state index in [1.807, 2.05) is 0 Å². The summed E-state index contributed by atoms with van der Waals surface area (Å²) in [5.41, 5.74) is 0.305. The van der Waals surface area contributed by atoms with Crippen LogP contribution >= 0.6 is 0 Å². The summed E-state index contributed by atoms with van der Waals surface area (Å²) in [6, 6.07) is 1.75. The van der Waals surface area contributed by atoms with Crippen molar-refractivity contribution in [2.24, 2.45) is 11.8 Å². The van der Waals surface area contributed by atoms with E-state index in [9.17, 15) is 4.79 Å². The van der Waals surface area contributed by atoms with Crippen LogP contribution in [0, 0.1) is 11.8 Å². The smallest absolute Gasteiger partial charge is 0.348 e. The lowest BCUT2D eigenvalue weighted by molar-refractivity contribution is 0.439. The Morgan fingerprint density at radius 3 is 2.94 bits per heavy atom. The molecule has 2 heterocycles. The third-order valence-corrected chi connectivity index (χ3v) is 3.05. The van der Waals surface area contributed by atoms with Crippen molar-refractivity contribution in [2.75, 3.05) is 11.9 Å². The van der Waals surface area contributed by atoms with Gasteiger partial charge in [-0.2, -0.15) is 5.10 Å². The minimum atomic E-state index is -0.269. The van der Waals surface area contributed by atoms with Crippen LogP contribution in [-0.2, 0) is 0 Å². The molecule has 0 aliphatic heterocycles. The lowest BCUT2D eigenvalue weighted by Crippen LogP contribution is -2.17. The number of anilines is 1. The first-order valence-corrected chi connectivity index (χ1v) is 5.74. The van der Waals surface area contributed by atoms with Gasteiger partial charge in [0.25, 0.3) is 0 Å². The van der Waals surface area contributed by atoms with Gasteiger partial charge in [-0.1, -0.05) is 20.8 Å². The SMILES string of the molecule is CC(C)C(C)CNc1cc2n[nH]c(=O)n2cn1. The van der Waals surface area contributed by atoms with Gasteiger partial charge in [-0.05, 0) is 11.8 Å². The lowest BCUT2D eigenvalue weighted by Gasteiger charge is -2.16. The van der Waals surface area contributed by atoms with E-state index < -0.39 is 0 Å². The Bertz CT molecular complexity index is 556. The van der Waals surface area contributed by atoms with E-state index in [4.69, 9.17) is 0 Å². The van der Waals surface area contributed by atoms with Crippen molar-refractivity contribution >= 4 is 11.5 Å². The van der Waals surface area contributed by atoms with Gasteiger partial charge in [-0.25, -0.2) is 19.3 Å². The number of nitrogens with one attached hydrogen (secondary N) is 2. The molecule has 2 rings (SSSR count). The second kappa shape index (κ2) is 4.57. The number of nitrogens with zero attached hydrogens (tertiary/aromatic N) is 3. The molecule has 0 spiro atoms. The summed E-state index contributed by atoms with van der Waals surface area (Å²) in [6.07, 6.45) is 1.48. The minimum absolute atomic E-state index is 0.269. The molecule has 0 amide bonds. The van der Waals surface area contributed by atoms with Crippen molar-refractivity contribution in [3.63, 3.8) is 0 Å². The van der Waals surface area contributed by atoms with Gasteiger partial charge in [0.2, 0.25) is 0 Å². The number of hydrogen-bond donors (Lipinski definition) is 2. The van der Waals surface area contributed by atoms with E-state index in [1.165, 1.54) is 10.7 Å². The van der Waals surface area contributed by atoms with E-state index in [2.05, 4.69) is 41.3 Å². The number of rotatable bonds is 4. The Kier molecular flexibility index (Phi) is 3.12. The molecule has 0 saturated heterocycles. The van der Waals surface area contributed by atoms with Crippen LogP contribution in [0.25, 0.3) is 5.65 Å². The zero-order chi connectivity index (χ0) is 12.4. The van der Waals surface area contributed by atoms with Crippen molar-refractivity contribution in [1.29, 1.82) is 0 Å². The standard InChI is InChI=1S/C11H17N5O/c1-7(2)8(3)5-12-9-4-10-14-15-11(17)16(10)6-13-9/h4,6-8,12H,5H2,1-3H3,(H,15,17). The largest absolute Gasteiger partial charge is 0.370 e. The van der Waals surface area contributed by atoms with E-state index >= 15 is 0 Å². The van der Waals surface area contributed by atoms with Crippen LogP contribution in [0.4, 0.5) is 5.82 Å². The van der Waals surface area contributed by atoms with Crippen LogP contribution in [0.2, 0.25) is 0 Å². The molecule has 0 aromatic carbocycles. The Morgan fingerprint density at radius 1 is 1.47 bits per heavy atom. The summed E-state index contributed by atoms with van der Waals surface area (Å²) < 4.78 is 1.37. The molecule has 1 unspecified atom stereocenters. The highest BCUT2D eigenvalue weighted by Crippen LogP contribution is 2.11. The van der Waals surface area contributed by atoms with E-state index in [0.29, 0.717) is 17.5 Å². The molecular weight excluding hydrogens is 218 g/mol. The van der Waals surface area contributed by atoms with E-state index in [-0.39, 0.29) is 5.69 Å². The maximum atomic E-state index is 11.2. The number of H-pyrrole nitrogens is 1. The molecule has 17 heavy (non-hydrogen) atoms. The van der Waals surface area contributed by atoms with E-state index in [1.54, 1.807) is 6.07 Å². The summed E-state index contributed by atoms with van der Waals surface area (Å²) >= 11 is 0. The van der Waals surface area contributed by atoms with Crippen LogP contribution in [0.15, 0.2) is 17.2 Å². The molecule has 92 valence electrons. The van der Waals surface area contributed by atoms with Gasteiger partial charge >= 0.3 is 5.69 Å². The second-order valence-corrected chi connectivity index (χ2v) is 4.63. The Labute approximate surface area is 99.1 Å². The summed E-state index contributed by atoms with van der Waals surface area (Å²) in [5.74, 6) is 1.93. The third-order valence-electron chi connectivity index (χ3n) is 3.05. The summed E-state index contributed by atoms with van der Waals surface area (Å²) in [6.45, 7) is 7.43. The molecular formula is C11H17N5O. The number of hydrogen-bond acceptors (Lipinski definition) is 4. The van der Waals surface area contributed by atoms with Crippen molar-refractivity contribution in [3.05, 3.63) is 22.9 Å². The monoisotopic (exact) mass is 235 g/mol. The fourth-order valence-corrected chi connectivity index (χ4v) is 1.41. The minimum Gasteiger partial charge on any atom is -0.370 e. The Hall–Kier alpha value is -1.85. The van der Waals surface area contributed by atoms with Crippen molar-refractivity contribution < 1.29 is 0 Å². The molecule has 6 heteroatoms. The van der Waals surface area contributed by atoms with Crippen molar-refractivity contribution in [2.45, 2.75) is 20.8 Å². The predicted octanol–water partition coefficient (Wildman–Crippen LogP) is 1.12. The van der Waals surface area contributed by atoms with Crippen LogP contribution in [0.3, 0.4) is 0 Å². The molecule has 0 fully saturated rings. The molecule has 0 radical (unpaired) electrons. The average molecular weight is 235 g/mol. The van der Waals surface area contributed by atoms with Crippen molar-refractivity contribution in [1.82, 2.24) is 19.6 Å². The van der Waals surface area contributed by atoms with Gasteiger partial charge in [-0.15, -0.1) is 0 Å². The molecule has 0 bridgehead atoms. The zero-order valence-corrected chi connectivity index (χ0v) is 10.3. The van der Waals surface area contributed by atoms with Gasteiger partial charge in [0, 0.05) is 12.6 Å². The molecule has 2 aromatic rings. The highest BCUT2D eigenvalue weighted by molar-refractivity contribution is 5.48. The quantitative estimate of drug-likeness (QED) is 0.832. The number of aromatic nitrogens is 4. The van der Waals surface area contributed by atoms with Gasteiger partial charge in [-0.3, -0.25) is 0 Å². The van der Waals surface area contributed by atoms with Gasteiger partial charge in [0.05, 0.1) is 0 Å². The van der Waals surface area contributed by atoms with Crippen LogP contribution in [-0.4, -0.2) is 26.1 Å². The van der Waals surface area contributed by atoms with Crippen LogP contribution in [0.5, 0.6) is 0 Å². The van der Waals surface area contributed by atoms with Crippen molar-refractivity contribution in [3.8, 4) is 0 Å². The summed E-state index contributed by atoms with van der Waals surface area (Å²) in [4.78, 5) is 15.4. The fourth-order valence-electron chi connectivity index (χ4n) is 1.41. The molecule has 2 N–H and O–H groups in total. The van der Waals surface area contributed by atoms with Gasteiger partial charge in [0.1, 0.15) is 12.1 Å². The molecule has 2 aromatic heterocycles. The number of aromatic amines is 1. The molecule has 0 saturated carbocycles. The maximum Gasteiger partial charge on any atom is 0.348 e. The van der Waals surface area contributed by atoms with E-state index in [0.717, 1.165) is 12.4 Å². The number of fused-ring (bicyclic) bond motifs is 1. The highest BCUT2D eigenvalue weighted by Gasteiger charge is 2.07. The van der Waals surface area contributed by atoms with Crippen LogP contribution < -0.4 is 11.0 Å². The Balaban J connectivity index is 2.12. The first kappa shape index (κ1) is 11.6. The van der Waals surface area contributed by atoms with Gasteiger partial charge < -0.3 is 5.32 Å². The molecule has 0 aliphatic carbocycles. The topological polar surface area (TPSA) is 75.1 Å². The molecule has 0 aliphatic rings. The summed E-state index contributed by atoms with van der Waals surface area (Å²) in [7, 11) is 0. The fraction of sp³-hybridized carbons (Fsp3) is 0.545. The molecule has 1 atom stereocenters. The lowest BCUT2D eigenvalue weighted by atomic mass is 9.98. The molecule has 6 nitrogen and oxygen atoms in total. The van der Waals surface area contributed by atoms with Crippen LogP contribution in [0.1, 0.15) is 20.8 Å².